The number of hydrogen-bond acceptors (Lipinski definition) is 2. The Morgan fingerprint density at radius 2 is 1.30 bits per heavy atom. The molecule has 3 aromatic carbocycles. The Morgan fingerprint density at radius 1 is 0.704 bits per heavy atom. The van der Waals surface area contributed by atoms with Crippen molar-refractivity contribution in [2.75, 3.05) is 13.2 Å². The third-order valence-electron chi connectivity index (χ3n) is 5.23. The van der Waals surface area contributed by atoms with Crippen molar-refractivity contribution < 1.29 is 10.2 Å². The minimum Gasteiger partial charge on any atom is -0.396 e. The molecule has 0 saturated carbocycles. The molecule has 2 N–H and O–H groups in total. The zero-order valence-corrected chi connectivity index (χ0v) is 16.2. The third kappa shape index (κ3) is 4.85. The van der Waals surface area contributed by atoms with E-state index in [1.54, 1.807) is 0 Å². The van der Waals surface area contributed by atoms with Crippen LogP contribution in [-0.2, 0) is 6.42 Å². The van der Waals surface area contributed by atoms with Crippen LogP contribution in [0.2, 0.25) is 0 Å². The topological polar surface area (TPSA) is 40.5 Å². The summed E-state index contributed by atoms with van der Waals surface area (Å²) in [6, 6.07) is 23.9. The van der Waals surface area contributed by atoms with E-state index in [1.165, 1.54) is 38.9 Å². The van der Waals surface area contributed by atoms with Gasteiger partial charge in [-0.1, -0.05) is 72.3 Å². The van der Waals surface area contributed by atoms with E-state index >= 15 is 0 Å². The van der Waals surface area contributed by atoms with E-state index in [2.05, 4.69) is 80.6 Å². The van der Waals surface area contributed by atoms with Gasteiger partial charge >= 0.3 is 0 Å². The molecule has 0 saturated heterocycles. The monoisotopic (exact) mass is 360 g/mol. The SMILES string of the molecule is Cc1ccc(-c2ccc(-c3ccc(CCC(CO)CO)cc3)c(C)c2)cc1. The van der Waals surface area contributed by atoms with Crippen molar-refractivity contribution in [1.29, 1.82) is 0 Å². The van der Waals surface area contributed by atoms with Crippen LogP contribution in [0, 0.1) is 19.8 Å². The molecular formula is C25H28O2. The number of aryl methyl sites for hydroxylation is 3. The van der Waals surface area contributed by atoms with Gasteiger partial charge in [0.25, 0.3) is 0 Å². The molecule has 2 nitrogen and oxygen atoms in total. The van der Waals surface area contributed by atoms with Crippen molar-refractivity contribution in [3.05, 3.63) is 83.4 Å². The number of rotatable bonds is 7. The van der Waals surface area contributed by atoms with Crippen LogP contribution in [-0.4, -0.2) is 23.4 Å². The molecule has 0 aliphatic rings. The largest absolute Gasteiger partial charge is 0.396 e. The second kappa shape index (κ2) is 8.98. The lowest BCUT2D eigenvalue weighted by atomic mass is 9.94. The van der Waals surface area contributed by atoms with Crippen molar-refractivity contribution in [2.45, 2.75) is 26.7 Å². The van der Waals surface area contributed by atoms with E-state index in [0.29, 0.717) is 0 Å². The summed E-state index contributed by atoms with van der Waals surface area (Å²) in [5.74, 6) is -0.0266. The molecular weight excluding hydrogens is 332 g/mol. The van der Waals surface area contributed by atoms with E-state index in [4.69, 9.17) is 0 Å². The van der Waals surface area contributed by atoms with Crippen LogP contribution in [0.5, 0.6) is 0 Å². The molecule has 0 aromatic heterocycles. The van der Waals surface area contributed by atoms with Crippen LogP contribution in [0.3, 0.4) is 0 Å². The standard InChI is InChI=1S/C25H28O2/c1-18-3-9-22(10-4-18)24-13-14-25(19(2)15-24)23-11-7-20(8-12-23)5-6-21(16-26)17-27/h3-4,7-15,21,26-27H,5-6,16-17H2,1-2H3. The van der Waals surface area contributed by atoms with Gasteiger partial charge in [-0.2, -0.15) is 0 Å². The summed E-state index contributed by atoms with van der Waals surface area (Å²) < 4.78 is 0. The van der Waals surface area contributed by atoms with Gasteiger partial charge < -0.3 is 10.2 Å². The normalized spacial score (nSPS) is 11.1. The van der Waals surface area contributed by atoms with Gasteiger partial charge in [0, 0.05) is 19.1 Å². The maximum atomic E-state index is 9.19. The predicted octanol–water partition coefficient (Wildman–Crippen LogP) is 5.17. The highest BCUT2D eigenvalue weighted by Gasteiger charge is 2.08. The predicted molar refractivity (Wildman–Crippen MR) is 113 cm³/mol. The van der Waals surface area contributed by atoms with E-state index in [0.717, 1.165) is 12.8 Å². The van der Waals surface area contributed by atoms with Crippen LogP contribution in [0.25, 0.3) is 22.3 Å². The summed E-state index contributed by atoms with van der Waals surface area (Å²) in [7, 11) is 0. The maximum Gasteiger partial charge on any atom is 0.0481 e. The Bertz CT molecular complexity index is 860. The highest BCUT2D eigenvalue weighted by Crippen LogP contribution is 2.29. The second-order valence-corrected chi connectivity index (χ2v) is 7.36. The van der Waals surface area contributed by atoms with Crippen LogP contribution < -0.4 is 0 Å². The number of aliphatic hydroxyl groups is 2. The number of hydrogen-bond donors (Lipinski definition) is 2. The molecule has 3 aromatic rings. The van der Waals surface area contributed by atoms with Crippen LogP contribution >= 0.6 is 0 Å². The van der Waals surface area contributed by atoms with Gasteiger partial charge in [-0.25, -0.2) is 0 Å². The molecule has 0 amide bonds. The van der Waals surface area contributed by atoms with Crippen molar-refractivity contribution in [2.24, 2.45) is 5.92 Å². The van der Waals surface area contributed by atoms with Gasteiger partial charge in [-0.15, -0.1) is 0 Å². The van der Waals surface area contributed by atoms with Gasteiger partial charge in [-0.05, 0) is 60.1 Å². The van der Waals surface area contributed by atoms with Gasteiger partial charge in [0.2, 0.25) is 0 Å². The fraction of sp³-hybridized carbons (Fsp3) is 0.280. The first-order chi connectivity index (χ1) is 13.1. The lowest BCUT2D eigenvalue weighted by Gasteiger charge is -2.12. The molecule has 140 valence electrons. The molecule has 0 heterocycles. The highest BCUT2D eigenvalue weighted by molar-refractivity contribution is 5.73. The van der Waals surface area contributed by atoms with E-state index < -0.39 is 0 Å². The molecule has 3 rings (SSSR count). The molecule has 0 aliphatic heterocycles. The summed E-state index contributed by atoms with van der Waals surface area (Å²) in [4.78, 5) is 0. The second-order valence-electron chi connectivity index (χ2n) is 7.36. The third-order valence-corrected chi connectivity index (χ3v) is 5.23. The summed E-state index contributed by atoms with van der Waals surface area (Å²) in [6.45, 7) is 4.35. The van der Waals surface area contributed by atoms with E-state index in [-0.39, 0.29) is 19.1 Å². The van der Waals surface area contributed by atoms with E-state index in [1.807, 2.05) is 0 Å². The summed E-state index contributed by atoms with van der Waals surface area (Å²) >= 11 is 0. The maximum absolute atomic E-state index is 9.19. The highest BCUT2D eigenvalue weighted by atomic mass is 16.3. The Balaban J connectivity index is 1.75. The van der Waals surface area contributed by atoms with Gasteiger partial charge in [-0.3, -0.25) is 0 Å². The lowest BCUT2D eigenvalue weighted by Crippen LogP contribution is -2.11. The Hall–Kier alpha value is -2.42. The minimum absolute atomic E-state index is 0.0266. The molecule has 0 spiro atoms. The van der Waals surface area contributed by atoms with Gasteiger partial charge in [0.05, 0.1) is 0 Å². The molecule has 0 fully saturated rings. The molecule has 2 heteroatoms. The fourth-order valence-electron chi connectivity index (χ4n) is 3.38. The average Bonchev–Trinajstić information content (AvgIpc) is 2.70. The summed E-state index contributed by atoms with van der Waals surface area (Å²) in [6.07, 6.45) is 1.67. The molecule has 27 heavy (non-hydrogen) atoms. The van der Waals surface area contributed by atoms with E-state index in [9.17, 15) is 10.2 Å². The van der Waals surface area contributed by atoms with Crippen molar-refractivity contribution >= 4 is 0 Å². The summed E-state index contributed by atoms with van der Waals surface area (Å²) in [5, 5.41) is 18.4. The Labute approximate surface area is 162 Å². The summed E-state index contributed by atoms with van der Waals surface area (Å²) in [5.41, 5.74) is 8.73. The van der Waals surface area contributed by atoms with Crippen LogP contribution in [0.4, 0.5) is 0 Å². The number of aliphatic hydroxyl groups excluding tert-OH is 2. The smallest absolute Gasteiger partial charge is 0.0481 e. The van der Waals surface area contributed by atoms with Gasteiger partial charge in [0.1, 0.15) is 0 Å². The molecule has 0 aliphatic carbocycles. The molecule has 0 bridgehead atoms. The van der Waals surface area contributed by atoms with Crippen molar-refractivity contribution in [3.63, 3.8) is 0 Å². The Morgan fingerprint density at radius 3 is 1.89 bits per heavy atom. The van der Waals surface area contributed by atoms with Crippen LogP contribution in [0.15, 0.2) is 66.7 Å². The first-order valence-electron chi connectivity index (χ1n) is 9.59. The van der Waals surface area contributed by atoms with Crippen LogP contribution in [0.1, 0.15) is 23.1 Å². The lowest BCUT2D eigenvalue weighted by molar-refractivity contribution is 0.144. The number of benzene rings is 3. The first-order valence-corrected chi connectivity index (χ1v) is 9.59. The molecule has 0 radical (unpaired) electrons. The Kier molecular flexibility index (Phi) is 6.44. The van der Waals surface area contributed by atoms with Crippen molar-refractivity contribution in [3.8, 4) is 22.3 Å². The fourth-order valence-corrected chi connectivity index (χ4v) is 3.38. The molecule has 0 unspecified atom stereocenters. The zero-order valence-electron chi connectivity index (χ0n) is 16.2. The minimum atomic E-state index is -0.0266. The zero-order chi connectivity index (χ0) is 19.2. The first kappa shape index (κ1) is 19.3. The molecule has 0 atom stereocenters. The van der Waals surface area contributed by atoms with Crippen molar-refractivity contribution in [1.82, 2.24) is 0 Å². The quantitative estimate of drug-likeness (QED) is 0.610. The van der Waals surface area contributed by atoms with Gasteiger partial charge in [0.15, 0.2) is 0 Å². The average molecular weight is 360 g/mol.